The van der Waals surface area contributed by atoms with Crippen LogP contribution in [0, 0.1) is 6.92 Å². The van der Waals surface area contributed by atoms with E-state index in [0.717, 1.165) is 37.9 Å². The van der Waals surface area contributed by atoms with Gasteiger partial charge in [-0.1, -0.05) is 49.0 Å². The zero-order valence-electron chi connectivity index (χ0n) is 19.9. The Morgan fingerprint density at radius 1 is 1.09 bits per heavy atom. The van der Waals surface area contributed by atoms with Crippen molar-refractivity contribution in [3.05, 3.63) is 101 Å². The fraction of sp³-hybridized carbons (Fsp3) is 0.276. The summed E-state index contributed by atoms with van der Waals surface area (Å²) in [5, 5.41) is 2.92. The van der Waals surface area contributed by atoms with Crippen molar-refractivity contribution in [3.63, 3.8) is 0 Å². The summed E-state index contributed by atoms with van der Waals surface area (Å²) in [6, 6.07) is 22.1. The molecule has 176 valence electrons. The Kier molecular flexibility index (Phi) is 7.46. The molecule has 0 radical (unpaired) electrons. The van der Waals surface area contributed by atoms with Crippen molar-refractivity contribution in [2.24, 2.45) is 5.73 Å². The van der Waals surface area contributed by atoms with Crippen molar-refractivity contribution in [2.75, 3.05) is 30.7 Å². The van der Waals surface area contributed by atoms with Crippen LogP contribution in [0.4, 0.5) is 11.4 Å². The number of nitrogens with two attached hydrogens (primary N) is 2. The molecule has 1 aliphatic rings. The van der Waals surface area contributed by atoms with Crippen molar-refractivity contribution < 1.29 is 4.79 Å². The number of anilines is 2. The van der Waals surface area contributed by atoms with Gasteiger partial charge in [-0.2, -0.15) is 0 Å². The largest absolute Gasteiger partial charge is 0.397 e. The number of benzene rings is 3. The lowest BCUT2D eigenvalue weighted by Gasteiger charge is -2.29. The van der Waals surface area contributed by atoms with E-state index in [1.165, 1.54) is 22.3 Å². The second kappa shape index (κ2) is 10.7. The fourth-order valence-corrected chi connectivity index (χ4v) is 4.89. The summed E-state index contributed by atoms with van der Waals surface area (Å²) in [6.45, 7) is 8.83. The predicted octanol–water partition coefficient (Wildman–Crippen LogP) is 5.18. The van der Waals surface area contributed by atoms with Crippen LogP contribution >= 0.6 is 0 Å². The van der Waals surface area contributed by atoms with Gasteiger partial charge in [0, 0.05) is 31.2 Å². The van der Waals surface area contributed by atoms with Crippen molar-refractivity contribution in [2.45, 2.75) is 32.2 Å². The third kappa shape index (κ3) is 5.22. The van der Waals surface area contributed by atoms with Crippen molar-refractivity contribution in [1.82, 2.24) is 4.90 Å². The fourth-order valence-electron chi connectivity index (χ4n) is 4.89. The highest BCUT2D eigenvalue weighted by atomic mass is 16.1. The number of aryl methyl sites for hydroxylation is 2. The number of nitrogens with zero attached hydrogens (tertiary/aromatic N) is 1. The average molecular weight is 455 g/mol. The second-order valence-corrected chi connectivity index (χ2v) is 9.00. The molecular formula is C29H34N4O. The summed E-state index contributed by atoms with van der Waals surface area (Å²) in [6.07, 6.45) is 2.88. The lowest BCUT2D eigenvalue weighted by molar-refractivity contribution is 0.102. The van der Waals surface area contributed by atoms with Gasteiger partial charge in [-0.25, -0.2) is 0 Å². The highest BCUT2D eigenvalue weighted by molar-refractivity contribution is 6.05. The minimum absolute atomic E-state index is 0.141. The van der Waals surface area contributed by atoms with Crippen LogP contribution in [-0.2, 0) is 6.42 Å². The van der Waals surface area contributed by atoms with Crippen molar-refractivity contribution in [3.8, 4) is 0 Å². The molecule has 5 heteroatoms. The van der Waals surface area contributed by atoms with Crippen LogP contribution in [0.2, 0.25) is 0 Å². The highest BCUT2D eigenvalue weighted by Crippen LogP contribution is 2.37. The van der Waals surface area contributed by atoms with Crippen LogP contribution in [0.1, 0.15) is 51.5 Å². The van der Waals surface area contributed by atoms with E-state index in [2.05, 4.69) is 54.1 Å². The van der Waals surface area contributed by atoms with Gasteiger partial charge in [-0.05, 0) is 78.3 Å². The number of carbonyl (C=O) groups is 1. The molecule has 0 saturated heterocycles. The van der Waals surface area contributed by atoms with E-state index in [0.29, 0.717) is 29.5 Å². The molecule has 1 aliphatic carbocycles. The molecule has 5 N–H and O–H groups in total. The zero-order chi connectivity index (χ0) is 24.1. The quantitative estimate of drug-likeness (QED) is 0.389. The lowest BCUT2D eigenvalue weighted by Crippen LogP contribution is -2.33. The third-order valence-corrected chi connectivity index (χ3v) is 6.74. The molecule has 0 bridgehead atoms. The molecule has 0 spiro atoms. The number of para-hydroxylation sites is 2. The van der Waals surface area contributed by atoms with Crippen molar-refractivity contribution in [1.29, 1.82) is 0 Å². The number of rotatable bonds is 9. The average Bonchev–Trinajstić information content (AvgIpc) is 3.26. The Bertz CT molecular complexity index is 1190. The Labute approximate surface area is 202 Å². The van der Waals surface area contributed by atoms with E-state index in [1.807, 2.05) is 30.3 Å². The normalized spacial score (nSPS) is 14.7. The van der Waals surface area contributed by atoms with Crippen LogP contribution in [0.3, 0.4) is 0 Å². The molecule has 0 saturated carbocycles. The van der Waals surface area contributed by atoms with Crippen LogP contribution in [0.25, 0.3) is 5.57 Å². The predicted molar refractivity (Wildman–Crippen MR) is 142 cm³/mol. The van der Waals surface area contributed by atoms with Gasteiger partial charge in [0.1, 0.15) is 0 Å². The SMILES string of the molecule is C=C(CCN(CCN)C1CCc2cc(C(=O)Nc3ccccc3N)ccc21)c1ccccc1C. The number of carbonyl (C=O) groups excluding carboxylic acids is 1. The van der Waals surface area contributed by atoms with Gasteiger partial charge in [-0.3, -0.25) is 9.69 Å². The molecule has 1 unspecified atom stereocenters. The zero-order valence-corrected chi connectivity index (χ0v) is 19.9. The third-order valence-electron chi connectivity index (χ3n) is 6.74. The molecule has 0 aliphatic heterocycles. The summed E-state index contributed by atoms with van der Waals surface area (Å²) in [4.78, 5) is 15.3. The summed E-state index contributed by atoms with van der Waals surface area (Å²) in [5.74, 6) is -0.141. The first-order valence-electron chi connectivity index (χ1n) is 11.9. The number of hydrogen-bond acceptors (Lipinski definition) is 4. The Hall–Kier alpha value is -3.41. The van der Waals surface area contributed by atoms with Crippen LogP contribution in [-0.4, -0.2) is 30.4 Å². The van der Waals surface area contributed by atoms with Crippen LogP contribution < -0.4 is 16.8 Å². The van der Waals surface area contributed by atoms with Crippen molar-refractivity contribution >= 4 is 22.9 Å². The second-order valence-electron chi connectivity index (χ2n) is 9.00. The number of amides is 1. The standard InChI is InChI=1S/C29H34N4O/c1-20-7-3-4-8-24(20)21(2)15-17-33(18-16-30)28-14-12-22-19-23(11-13-25(22)28)29(34)32-27-10-6-5-9-26(27)31/h3-11,13,19,28H,2,12,14-18,30-31H2,1H3,(H,32,34). The lowest BCUT2D eigenvalue weighted by atomic mass is 9.98. The molecule has 0 fully saturated rings. The van der Waals surface area contributed by atoms with E-state index in [4.69, 9.17) is 11.5 Å². The van der Waals surface area contributed by atoms with Gasteiger partial charge in [-0.15, -0.1) is 0 Å². The molecule has 0 aromatic heterocycles. The van der Waals surface area contributed by atoms with Gasteiger partial charge in [0.05, 0.1) is 11.4 Å². The van der Waals surface area contributed by atoms with Gasteiger partial charge in [0.25, 0.3) is 5.91 Å². The maximum Gasteiger partial charge on any atom is 0.255 e. The maximum absolute atomic E-state index is 12.8. The van der Waals surface area contributed by atoms with E-state index < -0.39 is 0 Å². The molecule has 1 atom stereocenters. The number of nitrogen functional groups attached to an aromatic ring is 1. The topological polar surface area (TPSA) is 84.4 Å². The Morgan fingerprint density at radius 3 is 2.62 bits per heavy atom. The van der Waals surface area contributed by atoms with Gasteiger partial charge in [0.15, 0.2) is 0 Å². The number of hydrogen-bond donors (Lipinski definition) is 3. The molecular weight excluding hydrogens is 420 g/mol. The number of fused-ring (bicyclic) bond motifs is 1. The summed E-state index contributed by atoms with van der Waals surface area (Å²) in [5.41, 5.74) is 20.0. The molecule has 1 amide bonds. The first kappa shape index (κ1) is 23.7. The summed E-state index contributed by atoms with van der Waals surface area (Å²) >= 11 is 0. The molecule has 34 heavy (non-hydrogen) atoms. The minimum Gasteiger partial charge on any atom is -0.397 e. The van der Waals surface area contributed by atoms with Gasteiger partial charge >= 0.3 is 0 Å². The maximum atomic E-state index is 12.8. The summed E-state index contributed by atoms with van der Waals surface area (Å²) in [7, 11) is 0. The molecule has 5 nitrogen and oxygen atoms in total. The van der Waals surface area contributed by atoms with Gasteiger partial charge < -0.3 is 16.8 Å². The first-order valence-corrected chi connectivity index (χ1v) is 11.9. The van der Waals surface area contributed by atoms with E-state index in [-0.39, 0.29) is 5.91 Å². The van der Waals surface area contributed by atoms with E-state index in [9.17, 15) is 4.79 Å². The van der Waals surface area contributed by atoms with E-state index >= 15 is 0 Å². The van der Waals surface area contributed by atoms with Crippen LogP contribution in [0.5, 0.6) is 0 Å². The Balaban J connectivity index is 1.46. The first-order chi connectivity index (χ1) is 16.5. The number of nitrogens with one attached hydrogen (secondary N) is 1. The van der Waals surface area contributed by atoms with Gasteiger partial charge in [0.2, 0.25) is 0 Å². The molecule has 4 rings (SSSR count). The van der Waals surface area contributed by atoms with E-state index in [1.54, 1.807) is 6.07 Å². The molecule has 0 heterocycles. The van der Waals surface area contributed by atoms with Crippen LogP contribution in [0.15, 0.2) is 73.3 Å². The summed E-state index contributed by atoms with van der Waals surface area (Å²) < 4.78 is 0. The smallest absolute Gasteiger partial charge is 0.255 e. The highest BCUT2D eigenvalue weighted by Gasteiger charge is 2.28. The molecule has 3 aromatic rings. The minimum atomic E-state index is -0.141. The monoisotopic (exact) mass is 454 g/mol. The Morgan fingerprint density at radius 2 is 1.85 bits per heavy atom. The molecule has 3 aromatic carbocycles.